The normalized spacial score (nSPS) is 15.1. The van der Waals surface area contributed by atoms with Crippen LogP contribution in [0.15, 0.2) is 48.5 Å². The fourth-order valence-corrected chi connectivity index (χ4v) is 3.41. The quantitative estimate of drug-likeness (QED) is 0.838. The van der Waals surface area contributed by atoms with Crippen LogP contribution >= 0.6 is 0 Å². The number of nitrogens with zero attached hydrogens (tertiary/aromatic N) is 1. The molecular formula is C21H26N2O2. The van der Waals surface area contributed by atoms with E-state index >= 15 is 0 Å². The van der Waals surface area contributed by atoms with E-state index in [-0.39, 0.29) is 6.42 Å². The van der Waals surface area contributed by atoms with Crippen LogP contribution in [-0.4, -0.2) is 31.2 Å². The summed E-state index contributed by atoms with van der Waals surface area (Å²) in [5, 5.41) is 12.2. The maximum Gasteiger partial charge on any atom is 0.303 e. The summed E-state index contributed by atoms with van der Waals surface area (Å²) < 4.78 is 0. The highest BCUT2D eigenvalue weighted by atomic mass is 16.4. The van der Waals surface area contributed by atoms with E-state index in [4.69, 9.17) is 5.11 Å². The van der Waals surface area contributed by atoms with Crippen molar-refractivity contribution in [2.24, 2.45) is 0 Å². The Bertz CT molecular complexity index is 689. The molecular weight excluding hydrogens is 312 g/mol. The fourth-order valence-electron chi connectivity index (χ4n) is 3.41. The minimum Gasteiger partial charge on any atom is -0.481 e. The molecule has 0 spiro atoms. The predicted octanol–water partition coefficient (Wildman–Crippen LogP) is 3.94. The summed E-state index contributed by atoms with van der Waals surface area (Å²) in [6.07, 6.45) is 3.18. The van der Waals surface area contributed by atoms with Gasteiger partial charge in [-0.05, 0) is 73.7 Å². The van der Waals surface area contributed by atoms with Gasteiger partial charge < -0.3 is 15.3 Å². The molecule has 25 heavy (non-hydrogen) atoms. The Labute approximate surface area is 149 Å². The average molecular weight is 338 g/mol. The van der Waals surface area contributed by atoms with Gasteiger partial charge in [0, 0.05) is 24.8 Å². The van der Waals surface area contributed by atoms with Crippen LogP contribution < -0.4 is 10.2 Å². The summed E-state index contributed by atoms with van der Waals surface area (Å²) >= 11 is 0. The second-order valence-corrected chi connectivity index (χ2v) is 6.74. The number of anilines is 2. The molecule has 1 heterocycles. The highest BCUT2D eigenvalue weighted by Crippen LogP contribution is 2.29. The monoisotopic (exact) mass is 338 g/mol. The number of rotatable bonds is 6. The Morgan fingerprint density at radius 3 is 2.16 bits per heavy atom. The molecule has 2 N–H and O–H groups in total. The predicted molar refractivity (Wildman–Crippen MR) is 102 cm³/mol. The molecule has 4 nitrogen and oxygen atoms in total. The standard InChI is InChI=1S/C21H26N2O2/c1-23(19-7-2-16(3-8-19)4-11-21(24)25)20-9-5-17(6-10-20)18-12-14-22-15-13-18/h2-3,5-10,18,22H,4,11-15H2,1H3,(H,24,25). The first-order valence-electron chi connectivity index (χ1n) is 8.98. The molecule has 0 aliphatic carbocycles. The van der Waals surface area contributed by atoms with Crippen LogP contribution in [-0.2, 0) is 11.2 Å². The minimum atomic E-state index is -0.755. The van der Waals surface area contributed by atoms with Gasteiger partial charge in [-0.25, -0.2) is 0 Å². The molecule has 0 unspecified atom stereocenters. The van der Waals surface area contributed by atoms with Crippen molar-refractivity contribution in [1.29, 1.82) is 0 Å². The van der Waals surface area contributed by atoms with Gasteiger partial charge in [0.2, 0.25) is 0 Å². The highest BCUT2D eigenvalue weighted by Gasteiger charge is 2.15. The van der Waals surface area contributed by atoms with Crippen LogP contribution in [0.5, 0.6) is 0 Å². The number of piperidine rings is 1. The zero-order valence-electron chi connectivity index (χ0n) is 14.7. The van der Waals surface area contributed by atoms with Crippen LogP contribution in [0.25, 0.3) is 0 Å². The van der Waals surface area contributed by atoms with Crippen molar-refractivity contribution in [2.45, 2.75) is 31.6 Å². The van der Waals surface area contributed by atoms with Gasteiger partial charge in [0.15, 0.2) is 0 Å². The van der Waals surface area contributed by atoms with Crippen molar-refractivity contribution in [1.82, 2.24) is 5.32 Å². The molecule has 132 valence electrons. The number of carboxylic acids is 1. The van der Waals surface area contributed by atoms with E-state index in [1.165, 1.54) is 18.4 Å². The zero-order chi connectivity index (χ0) is 17.6. The van der Waals surface area contributed by atoms with Gasteiger partial charge in [0.1, 0.15) is 0 Å². The first kappa shape index (κ1) is 17.5. The van der Waals surface area contributed by atoms with Crippen LogP contribution in [0.3, 0.4) is 0 Å². The van der Waals surface area contributed by atoms with E-state index in [1.54, 1.807) is 0 Å². The summed E-state index contributed by atoms with van der Waals surface area (Å²) in [6.45, 7) is 2.22. The summed E-state index contributed by atoms with van der Waals surface area (Å²) in [5.41, 5.74) is 4.76. The smallest absolute Gasteiger partial charge is 0.303 e. The van der Waals surface area contributed by atoms with Crippen molar-refractivity contribution in [3.63, 3.8) is 0 Å². The maximum absolute atomic E-state index is 10.7. The second kappa shape index (κ2) is 8.17. The molecule has 0 aromatic heterocycles. The lowest BCUT2D eigenvalue weighted by Crippen LogP contribution is -2.26. The lowest BCUT2D eigenvalue weighted by molar-refractivity contribution is -0.136. The first-order chi connectivity index (χ1) is 12.1. The molecule has 4 heteroatoms. The molecule has 0 amide bonds. The number of aliphatic carboxylic acids is 1. The van der Waals surface area contributed by atoms with Crippen molar-refractivity contribution in [3.05, 3.63) is 59.7 Å². The SMILES string of the molecule is CN(c1ccc(CCC(=O)O)cc1)c1ccc(C2CCNCC2)cc1. The Balaban J connectivity index is 1.65. The van der Waals surface area contributed by atoms with Gasteiger partial charge in [-0.2, -0.15) is 0 Å². The summed E-state index contributed by atoms with van der Waals surface area (Å²) in [4.78, 5) is 12.8. The summed E-state index contributed by atoms with van der Waals surface area (Å²) in [5.74, 6) is -0.0795. The van der Waals surface area contributed by atoms with E-state index in [9.17, 15) is 4.79 Å². The van der Waals surface area contributed by atoms with Crippen LogP contribution in [0, 0.1) is 0 Å². The van der Waals surface area contributed by atoms with Crippen molar-refractivity contribution in [2.75, 3.05) is 25.0 Å². The minimum absolute atomic E-state index is 0.174. The topological polar surface area (TPSA) is 52.6 Å². The lowest BCUT2D eigenvalue weighted by atomic mass is 9.90. The molecule has 3 rings (SSSR count). The van der Waals surface area contributed by atoms with Crippen LogP contribution in [0.2, 0.25) is 0 Å². The third-order valence-corrected chi connectivity index (χ3v) is 5.04. The molecule has 2 aromatic carbocycles. The first-order valence-corrected chi connectivity index (χ1v) is 8.98. The number of carboxylic acid groups (broad SMARTS) is 1. The third kappa shape index (κ3) is 4.60. The maximum atomic E-state index is 10.7. The largest absolute Gasteiger partial charge is 0.481 e. The molecule has 0 saturated carbocycles. The number of carbonyl (C=O) groups is 1. The molecule has 0 atom stereocenters. The number of nitrogens with one attached hydrogen (secondary N) is 1. The van der Waals surface area contributed by atoms with Gasteiger partial charge in [0.25, 0.3) is 0 Å². The van der Waals surface area contributed by atoms with E-state index in [1.807, 2.05) is 12.1 Å². The zero-order valence-corrected chi connectivity index (χ0v) is 14.7. The van der Waals surface area contributed by atoms with E-state index < -0.39 is 5.97 Å². The number of benzene rings is 2. The van der Waals surface area contributed by atoms with E-state index in [0.29, 0.717) is 12.3 Å². The molecule has 1 saturated heterocycles. The molecule has 0 radical (unpaired) electrons. The number of aryl methyl sites for hydroxylation is 1. The molecule has 0 bridgehead atoms. The Morgan fingerprint density at radius 2 is 1.60 bits per heavy atom. The van der Waals surface area contributed by atoms with Gasteiger partial charge in [-0.15, -0.1) is 0 Å². The molecule has 1 aliphatic rings. The van der Waals surface area contributed by atoms with Gasteiger partial charge in [-0.3, -0.25) is 4.79 Å². The number of hydrogen-bond donors (Lipinski definition) is 2. The Hall–Kier alpha value is -2.33. The lowest BCUT2D eigenvalue weighted by Gasteiger charge is -2.24. The van der Waals surface area contributed by atoms with Gasteiger partial charge in [0.05, 0.1) is 0 Å². The number of hydrogen-bond acceptors (Lipinski definition) is 3. The molecule has 2 aromatic rings. The summed E-state index contributed by atoms with van der Waals surface area (Å²) in [7, 11) is 2.06. The second-order valence-electron chi connectivity index (χ2n) is 6.74. The molecule has 1 fully saturated rings. The van der Waals surface area contributed by atoms with Crippen molar-refractivity contribution in [3.8, 4) is 0 Å². The highest BCUT2D eigenvalue weighted by molar-refractivity contribution is 5.67. The van der Waals surface area contributed by atoms with E-state index in [2.05, 4.69) is 53.7 Å². The summed E-state index contributed by atoms with van der Waals surface area (Å²) in [6, 6.07) is 17.0. The van der Waals surface area contributed by atoms with Crippen molar-refractivity contribution < 1.29 is 9.90 Å². The van der Waals surface area contributed by atoms with Crippen molar-refractivity contribution >= 4 is 17.3 Å². The van der Waals surface area contributed by atoms with Gasteiger partial charge in [-0.1, -0.05) is 24.3 Å². The average Bonchev–Trinajstić information content (AvgIpc) is 2.67. The third-order valence-electron chi connectivity index (χ3n) is 5.04. The Kier molecular flexibility index (Phi) is 5.71. The molecule has 1 aliphatic heterocycles. The van der Waals surface area contributed by atoms with Crippen LogP contribution in [0.4, 0.5) is 11.4 Å². The van der Waals surface area contributed by atoms with E-state index in [0.717, 1.165) is 30.0 Å². The fraction of sp³-hybridized carbons (Fsp3) is 0.381. The van der Waals surface area contributed by atoms with Crippen LogP contribution in [0.1, 0.15) is 36.3 Å². The Morgan fingerprint density at radius 1 is 1.04 bits per heavy atom. The van der Waals surface area contributed by atoms with Gasteiger partial charge >= 0.3 is 5.97 Å².